The summed E-state index contributed by atoms with van der Waals surface area (Å²) in [5, 5.41) is 2.37. The third kappa shape index (κ3) is 6.16. The van der Waals surface area contributed by atoms with Gasteiger partial charge in [0.2, 0.25) is 12.2 Å². The van der Waals surface area contributed by atoms with Crippen molar-refractivity contribution in [2.75, 3.05) is 25.6 Å². The summed E-state index contributed by atoms with van der Waals surface area (Å²) in [5.74, 6) is 0.399. The fourth-order valence-corrected chi connectivity index (χ4v) is 3.44. The molecule has 2 aliphatic rings. The largest absolute Gasteiger partial charge is 0.493 e. The maximum absolute atomic E-state index is 14.5. The molecule has 2 fully saturated rings. The quantitative estimate of drug-likeness (QED) is 0.603. The monoisotopic (exact) mass is 445 g/mol. The molecular formula is C23H28FN3O5. The van der Waals surface area contributed by atoms with Crippen molar-refractivity contribution < 1.29 is 28.2 Å². The molecule has 2 unspecified atom stereocenters. The second-order valence-corrected chi connectivity index (χ2v) is 7.89. The second-order valence-electron chi connectivity index (χ2n) is 7.89. The van der Waals surface area contributed by atoms with E-state index < -0.39 is 5.91 Å². The van der Waals surface area contributed by atoms with Crippen LogP contribution in [0.5, 0.6) is 11.5 Å². The average Bonchev–Trinajstić information content (AvgIpc) is 3.52. The van der Waals surface area contributed by atoms with E-state index in [2.05, 4.69) is 10.3 Å². The molecule has 172 valence electrons. The number of ether oxygens (including phenoxy) is 3. The molecule has 1 saturated heterocycles. The number of carbonyl (C=O) groups excluding carboxylic acids is 2. The van der Waals surface area contributed by atoms with Crippen molar-refractivity contribution in [2.45, 2.75) is 38.2 Å². The van der Waals surface area contributed by atoms with Gasteiger partial charge in [0.15, 0.2) is 11.5 Å². The Morgan fingerprint density at radius 1 is 1.38 bits per heavy atom. The zero-order valence-corrected chi connectivity index (χ0v) is 18.2. The van der Waals surface area contributed by atoms with Crippen molar-refractivity contribution >= 4 is 18.0 Å². The predicted octanol–water partition coefficient (Wildman–Crippen LogP) is 3.26. The fourth-order valence-electron chi connectivity index (χ4n) is 3.44. The minimum Gasteiger partial charge on any atom is -0.493 e. The van der Waals surface area contributed by atoms with Crippen LogP contribution < -0.4 is 20.5 Å². The third-order valence-corrected chi connectivity index (χ3v) is 5.34. The van der Waals surface area contributed by atoms with Gasteiger partial charge in [0, 0.05) is 23.4 Å². The van der Waals surface area contributed by atoms with Gasteiger partial charge in [-0.15, -0.1) is 0 Å². The normalized spacial score (nSPS) is 19.5. The SMILES string of the molecule is COc1c(C2COC(C)C2)ccc(OCC2CC2)c1F.NC(=O)c1cc(NC=O)ccn1. The van der Waals surface area contributed by atoms with Gasteiger partial charge in [-0.3, -0.25) is 14.6 Å². The van der Waals surface area contributed by atoms with Crippen LogP contribution in [-0.4, -0.2) is 43.7 Å². The van der Waals surface area contributed by atoms with Gasteiger partial charge in [-0.25, -0.2) is 0 Å². The van der Waals surface area contributed by atoms with E-state index in [-0.39, 0.29) is 23.5 Å². The standard InChI is InChI=1S/C16H21FO3.C7H7N3O2/c1-10-7-12(9-19-10)13-5-6-14(15(17)16(13)18-2)20-8-11-3-4-11;8-7(12)6-3-5(10-4-11)1-2-9-6/h5-6,10-12H,3-4,7-9H2,1-2H3;1-4H,(H2,8,12)(H,9,10,11). The van der Waals surface area contributed by atoms with E-state index in [0.717, 1.165) is 12.0 Å². The van der Waals surface area contributed by atoms with Gasteiger partial charge in [0.1, 0.15) is 5.69 Å². The topological polar surface area (TPSA) is 113 Å². The number of pyridine rings is 1. The molecule has 2 heterocycles. The molecule has 4 rings (SSSR count). The minimum atomic E-state index is -0.621. The number of amides is 2. The van der Waals surface area contributed by atoms with Crippen LogP contribution in [0.15, 0.2) is 30.5 Å². The Labute approximate surface area is 186 Å². The van der Waals surface area contributed by atoms with E-state index in [1.54, 1.807) is 12.1 Å². The number of primary amides is 1. The maximum atomic E-state index is 14.5. The molecule has 32 heavy (non-hydrogen) atoms. The lowest BCUT2D eigenvalue weighted by Crippen LogP contribution is -2.13. The molecule has 9 heteroatoms. The van der Waals surface area contributed by atoms with Gasteiger partial charge in [0.25, 0.3) is 5.91 Å². The van der Waals surface area contributed by atoms with Gasteiger partial charge in [-0.2, -0.15) is 4.39 Å². The molecule has 0 bridgehead atoms. The van der Waals surface area contributed by atoms with Gasteiger partial charge >= 0.3 is 0 Å². The van der Waals surface area contributed by atoms with Crippen LogP contribution in [0.25, 0.3) is 0 Å². The first-order valence-electron chi connectivity index (χ1n) is 10.5. The number of nitrogens with one attached hydrogen (secondary N) is 1. The number of rotatable bonds is 8. The molecule has 2 amide bonds. The first-order chi connectivity index (χ1) is 15.4. The number of aromatic nitrogens is 1. The number of halogens is 1. The van der Waals surface area contributed by atoms with Crippen LogP contribution in [0.2, 0.25) is 0 Å². The molecule has 2 atom stereocenters. The smallest absolute Gasteiger partial charge is 0.267 e. The minimum absolute atomic E-state index is 0.127. The Morgan fingerprint density at radius 2 is 2.16 bits per heavy atom. The van der Waals surface area contributed by atoms with Crippen molar-refractivity contribution in [3.8, 4) is 11.5 Å². The Balaban J connectivity index is 0.000000207. The summed E-state index contributed by atoms with van der Waals surface area (Å²) in [6.07, 6.45) is 5.41. The Bertz CT molecular complexity index is 951. The number of benzene rings is 1. The van der Waals surface area contributed by atoms with Crippen LogP contribution in [0.3, 0.4) is 0 Å². The lowest BCUT2D eigenvalue weighted by Gasteiger charge is -2.16. The molecule has 1 aliphatic carbocycles. The Kier molecular flexibility index (Phi) is 7.99. The van der Waals surface area contributed by atoms with Crippen LogP contribution in [0.1, 0.15) is 48.2 Å². The first kappa shape index (κ1) is 23.5. The van der Waals surface area contributed by atoms with Crippen LogP contribution >= 0.6 is 0 Å². The zero-order chi connectivity index (χ0) is 23.1. The summed E-state index contributed by atoms with van der Waals surface area (Å²) in [7, 11) is 1.51. The second kappa shape index (κ2) is 10.9. The predicted molar refractivity (Wildman–Crippen MR) is 116 cm³/mol. The highest BCUT2D eigenvalue weighted by atomic mass is 19.1. The molecule has 0 radical (unpaired) electrons. The molecule has 1 aromatic heterocycles. The van der Waals surface area contributed by atoms with E-state index >= 15 is 0 Å². The Morgan fingerprint density at radius 3 is 2.75 bits per heavy atom. The molecule has 1 aromatic carbocycles. The molecule has 1 aliphatic heterocycles. The lowest BCUT2D eigenvalue weighted by atomic mass is 9.95. The molecule has 2 aromatic rings. The summed E-state index contributed by atoms with van der Waals surface area (Å²) in [6.45, 7) is 3.26. The van der Waals surface area contributed by atoms with Crippen LogP contribution in [0.4, 0.5) is 10.1 Å². The van der Waals surface area contributed by atoms with Crippen molar-refractivity contribution in [1.82, 2.24) is 4.98 Å². The Hall–Kier alpha value is -3.20. The highest BCUT2D eigenvalue weighted by Gasteiger charge is 2.29. The van der Waals surface area contributed by atoms with Crippen molar-refractivity contribution in [1.29, 1.82) is 0 Å². The number of hydrogen-bond donors (Lipinski definition) is 2. The fraction of sp³-hybridized carbons (Fsp3) is 0.435. The van der Waals surface area contributed by atoms with E-state index in [9.17, 15) is 14.0 Å². The van der Waals surface area contributed by atoms with E-state index in [1.165, 1.54) is 32.2 Å². The van der Waals surface area contributed by atoms with E-state index in [1.807, 2.05) is 13.0 Å². The van der Waals surface area contributed by atoms with Crippen LogP contribution in [0, 0.1) is 11.7 Å². The highest BCUT2D eigenvalue weighted by molar-refractivity contribution is 5.92. The number of methoxy groups -OCH3 is 1. The van der Waals surface area contributed by atoms with Crippen LogP contribution in [-0.2, 0) is 9.53 Å². The molecule has 8 nitrogen and oxygen atoms in total. The summed E-state index contributed by atoms with van der Waals surface area (Å²) in [5.41, 5.74) is 6.46. The van der Waals surface area contributed by atoms with E-state index in [0.29, 0.717) is 42.7 Å². The van der Waals surface area contributed by atoms with E-state index in [4.69, 9.17) is 19.9 Å². The van der Waals surface area contributed by atoms with Gasteiger partial charge in [-0.05, 0) is 50.3 Å². The van der Waals surface area contributed by atoms with Crippen molar-refractivity contribution in [3.63, 3.8) is 0 Å². The summed E-state index contributed by atoms with van der Waals surface area (Å²) in [6, 6.07) is 6.59. The van der Waals surface area contributed by atoms with Gasteiger partial charge < -0.3 is 25.3 Å². The number of anilines is 1. The first-order valence-corrected chi connectivity index (χ1v) is 10.5. The van der Waals surface area contributed by atoms with Crippen molar-refractivity contribution in [3.05, 3.63) is 47.5 Å². The molecule has 1 saturated carbocycles. The maximum Gasteiger partial charge on any atom is 0.267 e. The zero-order valence-electron chi connectivity index (χ0n) is 18.2. The summed E-state index contributed by atoms with van der Waals surface area (Å²) in [4.78, 5) is 24.3. The number of nitrogens with two attached hydrogens (primary N) is 1. The summed E-state index contributed by atoms with van der Waals surface area (Å²) < 4.78 is 30.9. The van der Waals surface area contributed by atoms with Gasteiger partial charge in [0.05, 0.1) is 26.4 Å². The highest BCUT2D eigenvalue weighted by Crippen LogP contribution is 2.40. The number of nitrogens with zero attached hydrogens (tertiary/aromatic N) is 1. The summed E-state index contributed by atoms with van der Waals surface area (Å²) >= 11 is 0. The van der Waals surface area contributed by atoms with Gasteiger partial charge in [-0.1, -0.05) is 6.07 Å². The molecular weight excluding hydrogens is 417 g/mol. The van der Waals surface area contributed by atoms with Crippen molar-refractivity contribution in [2.24, 2.45) is 11.7 Å². The average molecular weight is 445 g/mol. The molecule has 0 spiro atoms. The lowest BCUT2D eigenvalue weighted by molar-refractivity contribution is -0.105. The number of hydrogen-bond acceptors (Lipinski definition) is 6. The third-order valence-electron chi connectivity index (χ3n) is 5.34. The number of carbonyl (C=O) groups is 2. The molecule has 3 N–H and O–H groups in total.